The number of pyridine rings is 1. The lowest BCUT2D eigenvalue weighted by Gasteiger charge is -2.07. The van der Waals surface area contributed by atoms with E-state index in [1.807, 2.05) is 47.3 Å². The quantitative estimate of drug-likeness (QED) is 0.516. The van der Waals surface area contributed by atoms with Crippen molar-refractivity contribution >= 4 is 22.5 Å². The van der Waals surface area contributed by atoms with Gasteiger partial charge in [-0.3, -0.25) is 9.36 Å². The normalized spacial score (nSPS) is 10.9. The molecule has 0 amide bonds. The second-order valence-corrected chi connectivity index (χ2v) is 6.37. The molecule has 0 bridgehead atoms. The zero-order valence-electron chi connectivity index (χ0n) is 15.2. The molecule has 0 fully saturated rings. The Bertz CT molecular complexity index is 1140. The number of hydrogen-bond donors (Lipinski definition) is 2. The molecule has 3 aromatic heterocycles. The molecule has 0 radical (unpaired) electrons. The van der Waals surface area contributed by atoms with Gasteiger partial charge in [-0.05, 0) is 18.1 Å². The summed E-state index contributed by atoms with van der Waals surface area (Å²) in [6.45, 7) is 1.31. The van der Waals surface area contributed by atoms with E-state index in [9.17, 15) is 5.26 Å². The van der Waals surface area contributed by atoms with Crippen LogP contribution in [0.15, 0.2) is 55.0 Å². The van der Waals surface area contributed by atoms with Crippen LogP contribution in [0.3, 0.4) is 0 Å². The number of nitrogens with one attached hydrogen (secondary N) is 1. The zero-order chi connectivity index (χ0) is 19.3. The van der Waals surface area contributed by atoms with E-state index in [4.69, 9.17) is 5.11 Å². The third-order valence-electron chi connectivity index (χ3n) is 4.43. The summed E-state index contributed by atoms with van der Waals surface area (Å²) >= 11 is 0. The van der Waals surface area contributed by atoms with E-state index < -0.39 is 0 Å². The molecule has 4 aromatic rings. The monoisotopic (exact) mass is 373 g/mol. The number of aliphatic hydroxyl groups is 1. The zero-order valence-corrected chi connectivity index (χ0v) is 15.2. The number of benzene rings is 1. The summed E-state index contributed by atoms with van der Waals surface area (Å²) in [5, 5.41) is 31.2. The first kappa shape index (κ1) is 17.7. The molecule has 8 nitrogen and oxygen atoms in total. The summed E-state index contributed by atoms with van der Waals surface area (Å²) < 4.78 is 3.64. The minimum Gasteiger partial charge on any atom is -0.396 e. The maximum atomic E-state index is 9.30. The largest absolute Gasteiger partial charge is 0.396 e. The second kappa shape index (κ2) is 7.90. The number of rotatable bonds is 7. The fourth-order valence-corrected chi connectivity index (χ4v) is 3.01. The molecule has 0 atom stereocenters. The Hall–Kier alpha value is -3.70. The number of hydrogen-bond acceptors (Lipinski definition) is 6. The molecule has 2 N–H and O–H groups in total. The highest BCUT2D eigenvalue weighted by Crippen LogP contribution is 2.20. The SMILES string of the molecule is N#Cc1ccccc1Cn1ncc2cnc(Nc3ccn(CCCO)n3)cc21. The topological polar surface area (TPSA) is 105 Å². The van der Waals surface area contributed by atoms with Gasteiger partial charge in [-0.1, -0.05) is 18.2 Å². The van der Waals surface area contributed by atoms with Gasteiger partial charge in [0.25, 0.3) is 0 Å². The smallest absolute Gasteiger partial charge is 0.153 e. The molecule has 0 spiro atoms. The highest BCUT2D eigenvalue weighted by molar-refractivity contribution is 5.81. The van der Waals surface area contributed by atoms with Crippen LogP contribution in [-0.2, 0) is 13.1 Å². The van der Waals surface area contributed by atoms with Gasteiger partial charge < -0.3 is 10.4 Å². The van der Waals surface area contributed by atoms with Gasteiger partial charge in [0.2, 0.25) is 0 Å². The lowest BCUT2D eigenvalue weighted by Crippen LogP contribution is -2.04. The van der Waals surface area contributed by atoms with E-state index in [0.29, 0.717) is 36.7 Å². The maximum Gasteiger partial charge on any atom is 0.153 e. The van der Waals surface area contributed by atoms with Crippen molar-refractivity contribution in [2.45, 2.75) is 19.5 Å². The molecule has 0 saturated heterocycles. The number of aromatic nitrogens is 5. The molecule has 1 aromatic carbocycles. The lowest BCUT2D eigenvalue weighted by atomic mass is 10.1. The van der Waals surface area contributed by atoms with Crippen molar-refractivity contribution in [1.29, 1.82) is 5.26 Å². The van der Waals surface area contributed by atoms with Gasteiger partial charge in [-0.25, -0.2) is 4.98 Å². The fourth-order valence-electron chi connectivity index (χ4n) is 3.01. The molecule has 0 aliphatic rings. The Balaban J connectivity index is 1.58. The molecular formula is C20H19N7O. The number of aliphatic hydroxyl groups excluding tert-OH is 1. The molecule has 0 aliphatic heterocycles. The highest BCUT2D eigenvalue weighted by Gasteiger charge is 2.09. The van der Waals surface area contributed by atoms with Crippen LogP contribution in [0, 0.1) is 11.3 Å². The second-order valence-electron chi connectivity index (χ2n) is 6.37. The van der Waals surface area contributed by atoms with Crippen molar-refractivity contribution in [3.8, 4) is 6.07 Å². The van der Waals surface area contributed by atoms with E-state index in [1.54, 1.807) is 17.1 Å². The Kier molecular flexibility index (Phi) is 4.99. The van der Waals surface area contributed by atoms with Crippen LogP contribution >= 0.6 is 0 Å². The Labute approximate surface area is 161 Å². The van der Waals surface area contributed by atoms with Crippen molar-refractivity contribution in [3.63, 3.8) is 0 Å². The van der Waals surface area contributed by atoms with Gasteiger partial charge in [-0.15, -0.1) is 0 Å². The van der Waals surface area contributed by atoms with Crippen LogP contribution in [0.2, 0.25) is 0 Å². The molecule has 0 saturated carbocycles. The van der Waals surface area contributed by atoms with Crippen molar-refractivity contribution in [3.05, 3.63) is 66.1 Å². The molecule has 3 heterocycles. The molecule has 0 unspecified atom stereocenters. The number of fused-ring (bicyclic) bond motifs is 1. The van der Waals surface area contributed by atoms with Crippen LogP contribution in [0.25, 0.3) is 10.9 Å². The summed E-state index contributed by atoms with van der Waals surface area (Å²) in [7, 11) is 0. The van der Waals surface area contributed by atoms with E-state index in [0.717, 1.165) is 16.5 Å². The van der Waals surface area contributed by atoms with Gasteiger partial charge in [0.05, 0.1) is 29.9 Å². The number of nitriles is 1. The van der Waals surface area contributed by atoms with Crippen LogP contribution in [-0.4, -0.2) is 36.3 Å². The average Bonchev–Trinajstić information content (AvgIpc) is 3.34. The van der Waals surface area contributed by atoms with Crippen molar-refractivity contribution < 1.29 is 5.11 Å². The summed E-state index contributed by atoms with van der Waals surface area (Å²) in [6, 6.07) is 13.5. The van der Waals surface area contributed by atoms with Crippen molar-refractivity contribution in [2.24, 2.45) is 0 Å². The van der Waals surface area contributed by atoms with Gasteiger partial charge in [0, 0.05) is 43.1 Å². The van der Waals surface area contributed by atoms with E-state index >= 15 is 0 Å². The van der Waals surface area contributed by atoms with E-state index in [-0.39, 0.29) is 6.61 Å². The summed E-state index contributed by atoms with van der Waals surface area (Å²) in [5.41, 5.74) is 2.49. The van der Waals surface area contributed by atoms with Crippen LogP contribution < -0.4 is 5.32 Å². The molecular weight excluding hydrogens is 354 g/mol. The third kappa shape index (κ3) is 3.70. The van der Waals surface area contributed by atoms with Gasteiger partial charge in [0.1, 0.15) is 5.82 Å². The predicted octanol–water partition coefficient (Wildman–Crippen LogP) is 2.67. The molecule has 0 aliphatic carbocycles. The lowest BCUT2D eigenvalue weighted by molar-refractivity contribution is 0.277. The third-order valence-corrected chi connectivity index (χ3v) is 4.43. The number of anilines is 2. The standard InChI is InChI=1S/C20H19N7O/c21-11-15-4-1-2-5-16(15)14-27-18-10-20(22-12-17(18)13-23-27)24-19-6-8-26(25-19)7-3-9-28/h1-2,4-6,8,10,12-13,28H,3,7,9,14H2,(H,22,24,25). The summed E-state index contributed by atoms with van der Waals surface area (Å²) in [5.74, 6) is 1.35. The van der Waals surface area contributed by atoms with Gasteiger partial charge in [0.15, 0.2) is 5.82 Å². The van der Waals surface area contributed by atoms with Crippen molar-refractivity contribution in [1.82, 2.24) is 24.5 Å². The van der Waals surface area contributed by atoms with Crippen molar-refractivity contribution in [2.75, 3.05) is 11.9 Å². The van der Waals surface area contributed by atoms with E-state index in [2.05, 4.69) is 26.6 Å². The highest BCUT2D eigenvalue weighted by atomic mass is 16.3. The average molecular weight is 373 g/mol. The first-order valence-corrected chi connectivity index (χ1v) is 8.98. The van der Waals surface area contributed by atoms with Gasteiger partial charge in [-0.2, -0.15) is 15.5 Å². The summed E-state index contributed by atoms with van der Waals surface area (Å²) in [6.07, 6.45) is 6.05. The first-order chi connectivity index (χ1) is 13.8. The molecule has 4 rings (SSSR count). The maximum absolute atomic E-state index is 9.30. The Morgan fingerprint density at radius 2 is 2.04 bits per heavy atom. The minimum atomic E-state index is 0.139. The number of nitrogens with zero attached hydrogens (tertiary/aromatic N) is 6. The van der Waals surface area contributed by atoms with Crippen LogP contribution in [0.5, 0.6) is 0 Å². The van der Waals surface area contributed by atoms with Crippen LogP contribution in [0.1, 0.15) is 17.5 Å². The fraction of sp³-hybridized carbons (Fsp3) is 0.200. The Morgan fingerprint density at radius 3 is 2.89 bits per heavy atom. The molecule has 28 heavy (non-hydrogen) atoms. The molecule has 140 valence electrons. The number of aryl methyl sites for hydroxylation is 1. The molecule has 8 heteroatoms. The predicted molar refractivity (Wildman–Crippen MR) is 105 cm³/mol. The van der Waals surface area contributed by atoms with Gasteiger partial charge >= 0.3 is 0 Å². The van der Waals surface area contributed by atoms with E-state index in [1.165, 1.54) is 0 Å². The Morgan fingerprint density at radius 1 is 1.14 bits per heavy atom. The first-order valence-electron chi connectivity index (χ1n) is 8.98. The minimum absolute atomic E-state index is 0.139. The summed E-state index contributed by atoms with van der Waals surface area (Å²) in [4.78, 5) is 4.42. The van der Waals surface area contributed by atoms with Crippen LogP contribution in [0.4, 0.5) is 11.6 Å².